The van der Waals surface area contributed by atoms with E-state index in [9.17, 15) is 0 Å². The van der Waals surface area contributed by atoms with Crippen LogP contribution >= 0.6 is 15.9 Å². The van der Waals surface area contributed by atoms with Gasteiger partial charge in [0.1, 0.15) is 5.76 Å². The number of ether oxygens (including phenoxy) is 1. The summed E-state index contributed by atoms with van der Waals surface area (Å²) in [4.78, 5) is 0. The van der Waals surface area contributed by atoms with Crippen molar-refractivity contribution in [1.82, 2.24) is 0 Å². The van der Waals surface area contributed by atoms with Crippen molar-refractivity contribution < 1.29 is 9.15 Å². The van der Waals surface area contributed by atoms with E-state index in [4.69, 9.17) is 14.9 Å². The molecule has 0 aromatic carbocycles. The van der Waals surface area contributed by atoms with E-state index < -0.39 is 0 Å². The summed E-state index contributed by atoms with van der Waals surface area (Å²) in [5.74, 6) is 0.751. The van der Waals surface area contributed by atoms with Crippen LogP contribution in [0.4, 0.5) is 0 Å². The lowest BCUT2D eigenvalue weighted by Gasteiger charge is -2.35. The number of hydrogen-bond donors (Lipinski definition) is 1. The molecule has 0 radical (unpaired) electrons. The molecule has 1 rings (SSSR count). The fourth-order valence-corrected chi connectivity index (χ4v) is 2.32. The number of furan rings is 1. The maximum Gasteiger partial charge on any atom is 0.137 e. The summed E-state index contributed by atoms with van der Waals surface area (Å²) < 4.78 is 11.9. The van der Waals surface area contributed by atoms with Gasteiger partial charge < -0.3 is 14.9 Å². The first-order valence-corrected chi connectivity index (χ1v) is 5.94. The molecule has 0 aliphatic heterocycles. The molecule has 0 spiro atoms. The molecule has 4 heteroatoms. The number of rotatable bonds is 5. The average Bonchev–Trinajstić information content (AvgIpc) is 2.67. The van der Waals surface area contributed by atoms with Crippen LogP contribution < -0.4 is 5.73 Å². The first kappa shape index (κ1) is 12.7. The van der Waals surface area contributed by atoms with Gasteiger partial charge in [-0.25, -0.2) is 0 Å². The van der Waals surface area contributed by atoms with E-state index in [1.807, 2.05) is 6.07 Å². The Morgan fingerprint density at radius 1 is 1.53 bits per heavy atom. The zero-order chi connectivity index (χ0) is 11.5. The second kappa shape index (κ2) is 5.14. The molecule has 1 heterocycles. The number of nitrogens with two attached hydrogens (primary N) is 1. The molecular formula is C11H18BrNO2. The lowest BCUT2D eigenvalue weighted by atomic mass is 9.87. The van der Waals surface area contributed by atoms with Gasteiger partial charge in [-0.1, -0.05) is 13.8 Å². The SMILES string of the molecule is CCC(CC)(OC)C(N)c1occc1Br. The third-order valence-corrected chi connectivity index (χ3v) is 3.75. The maximum absolute atomic E-state index is 6.20. The molecule has 1 aromatic heterocycles. The number of halogens is 1. The van der Waals surface area contributed by atoms with Crippen molar-refractivity contribution in [2.75, 3.05) is 7.11 Å². The van der Waals surface area contributed by atoms with Crippen LogP contribution in [0, 0.1) is 0 Å². The van der Waals surface area contributed by atoms with E-state index in [1.54, 1.807) is 13.4 Å². The summed E-state index contributed by atoms with van der Waals surface area (Å²) in [6.45, 7) is 4.15. The van der Waals surface area contributed by atoms with Gasteiger partial charge in [0.2, 0.25) is 0 Å². The standard InChI is InChI=1S/C11H18BrNO2/c1-4-11(5-2,14-3)10(13)9-8(12)6-7-15-9/h6-7,10H,4-5,13H2,1-3H3. The monoisotopic (exact) mass is 275 g/mol. The van der Waals surface area contributed by atoms with Crippen LogP contribution in [0.5, 0.6) is 0 Å². The summed E-state index contributed by atoms with van der Waals surface area (Å²) in [5, 5.41) is 0. The highest BCUT2D eigenvalue weighted by Gasteiger charge is 2.37. The van der Waals surface area contributed by atoms with Crippen molar-refractivity contribution in [3.8, 4) is 0 Å². The first-order chi connectivity index (χ1) is 7.11. The molecule has 0 fully saturated rings. The summed E-state index contributed by atoms with van der Waals surface area (Å²) >= 11 is 3.42. The normalized spacial score (nSPS) is 14.2. The van der Waals surface area contributed by atoms with Gasteiger partial charge in [-0.15, -0.1) is 0 Å². The van der Waals surface area contributed by atoms with E-state index in [-0.39, 0.29) is 11.6 Å². The zero-order valence-corrected chi connectivity index (χ0v) is 11.0. The van der Waals surface area contributed by atoms with Crippen LogP contribution in [-0.2, 0) is 4.74 Å². The van der Waals surface area contributed by atoms with Gasteiger partial charge in [0.15, 0.2) is 0 Å². The Morgan fingerprint density at radius 3 is 2.47 bits per heavy atom. The zero-order valence-electron chi connectivity index (χ0n) is 9.42. The molecule has 0 saturated heterocycles. The summed E-state index contributed by atoms with van der Waals surface area (Å²) in [7, 11) is 1.70. The third-order valence-electron chi connectivity index (χ3n) is 3.10. The highest BCUT2D eigenvalue weighted by Crippen LogP contribution is 2.36. The predicted octanol–water partition coefficient (Wildman–Crippen LogP) is 3.25. The fourth-order valence-electron chi connectivity index (χ4n) is 1.87. The second-order valence-electron chi connectivity index (χ2n) is 3.59. The van der Waals surface area contributed by atoms with Crippen LogP contribution in [0.15, 0.2) is 21.2 Å². The van der Waals surface area contributed by atoms with Gasteiger partial charge in [0.05, 0.1) is 22.4 Å². The molecule has 1 unspecified atom stereocenters. The smallest absolute Gasteiger partial charge is 0.137 e. The lowest BCUT2D eigenvalue weighted by molar-refractivity contribution is -0.0434. The van der Waals surface area contributed by atoms with Gasteiger partial charge in [0, 0.05) is 7.11 Å². The van der Waals surface area contributed by atoms with E-state index in [0.717, 1.165) is 23.1 Å². The minimum Gasteiger partial charge on any atom is -0.466 e. The molecule has 3 nitrogen and oxygen atoms in total. The van der Waals surface area contributed by atoms with Crippen LogP contribution in [0.2, 0.25) is 0 Å². The highest BCUT2D eigenvalue weighted by molar-refractivity contribution is 9.10. The van der Waals surface area contributed by atoms with Crippen LogP contribution in [0.3, 0.4) is 0 Å². The van der Waals surface area contributed by atoms with Gasteiger partial charge in [0.25, 0.3) is 0 Å². The van der Waals surface area contributed by atoms with Crippen LogP contribution in [0.25, 0.3) is 0 Å². The minimum absolute atomic E-state index is 0.248. The van der Waals surface area contributed by atoms with Gasteiger partial charge in [-0.05, 0) is 34.8 Å². The third kappa shape index (κ3) is 2.27. The molecular weight excluding hydrogens is 258 g/mol. The summed E-state index contributed by atoms with van der Waals surface area (Å²) in [5.41, 5.74) is 5.86. The molecule has 15 heavy (non-hydrogen) atoms. The molecule has 0 aliphatic rings. The van der Waals surface area contributed by atoms with Crippen molar-refractivity contribution in [2.45, 2.75) is 38.3 Å². The van der Waals surface area contributed by atoms with Gasteiger partial charge in [-0.3, -0.25) is 0 Å². The lowest BCUT2D eigenvalue weighted by Crippen LogP contribution is -2.42. The van der Waals surface area contributed by atoms with Crippen molar-refractivity contribution in [2.24, 2.45) is 5.73 Å². The molecule has 0 saturated carbocycles. The molecule has 0 amide bonds. The summed E-state index contributed by atoms with van der Waals surface area (Å²) in [6.07, 6.45) is 3.34. The fraction of sp³-hybridized carbons (Fsp3) is 0.636. The molecule has 1 atom stereocenters. The van der Waals surface area contributed by atoms with Crippen LogP contribution in [-0.4, -0.2) is 12.7 Å². The first-order valence-electron chi connectivity index (χ1n) is 5.15. The highest BCUT2D eigenvalue weighted by atomic mass is 79.9. The largest absolute Gasteiger partial charge is 0.466 e. The van der Waals surface area contributed by atoms with Gasteiger partial charge >= 0.3 is 0 Å². The average molecular weight is 276 g/mol. The Kier molecular flexibility index (Phi) is 4.37. The van der Waals surface area contributed by atoms with E-state index in [1.165, 1.54) is 0 Å². The van der Waals surface area contributed by atoms with Crippen LogP contribution in [0.1, 0.15) is 38.5 Å². The Bertz CT molecular complexity index is 299. The molecule has 0 bridgehead atoms. The predicted molar refractivity (Wildman–Crippen MR) is 63.7 cm³/mol. The van der Waals surface area contributed by atoms with Crippen molar-refractivity contribution in [1.29, 1.82) is 0 Å². The van der Waals surface area contributed by atoms with Crippen molar-refractivity contribution in [3.05, 3.63) is 22.6 Å². The Balaban J connectivity index is 3.00. The Hall–Kier alpha value is -0.320. The topological polar surface area (TPSA) is 48.4 Å². The maximum atomic E-state index is 6.20. The van der Waals surface area contributed by atoms with Crippen molar-refractivity contribution in [3.63, 3.8) is 0 Å². The van der Waals surface area contributed by atoms with E-state index in [0.29, 0.717) is 0 Å². The number of hydrogen-bond acceptors (Lipinski definition) is 3. The quantitative estimate of drug-likeness (QED) is 0.898. The van der Waals surface area contributed by atoms with Gasteiger partial charge in [-0.2, -0.15) is 0 Å². The van der Waals surface area contributed by atoms with E-state index >= 15 is 0 Å². The summed E-state index contributed by atoms with van der Waals surface area (Å²) in [6, 6.07) is 1.60. The second-order valence-corrected chi connectivity index (χ2v) is 4.44. The minimum atomic E-state index is -0.347. The van der Waals surface area contributed by atoms with E-state index in [2.05, 4.69) is 29.8 Å². The molecule has 1 aromatic rings. The van der Waals surface area contributed by atoms with Crippen molar-refractivity contribution >= 4 is 15.9 Å². The Labute approximate surface area is 99.1 Å². The molecule has 86 valence electrons. The number of methoxy groups -OCH3 is 1. The molecule has 0 aliphatic carbocycles. The molecule has 2 N–H and O–H groups in total. The Morgan fingerprint density at radius 2 is 2.13 bits per heavy atom.